The zero-order chi connectivity index (χ0) is 19.1. The number of hydrogen-bond acceptors (Lipinski definition) is 4. The van der Waals surface area contributed by atoms with Gasteiger partial charge in [-0.05, 0) is 41.5 Å². The summed E-state index contributed by atoms with van der Waals surface area (Å²) in [6.45, 7) is 4.41. The first-order valence-electron chi connectivity index (χ1n) is 10.1. The fourth-order valence-electron chi connectivity index (χ4n) is 4.50. The average molecular weight is 392 g/mol. The Morgan fingerprint density at radius 3 is 2.75 bits per heavy atom. The van der Waals surface area contributed by atoms with Crippen LogP contribution < -0.4 is 5.32 Å². The molecule has 4 nitrogen and oxygen atoms in total. The van der Waals surface area contributed by atoms with Gasteiger partial charge in [-0.3, -0.25) is 4.79 Å². The van der Waals surface area contributed by atoms with Crippen LogP contribution >= 0.6 is 11.3 Å². The second-order valence-corrected chi connectivity index (χ2v) is 9.21. The van der Waals surface area contributed by atoms with Gasteiger partial charge in [0, 0.05) is 39.0 Å². The second-order valence-electron chi connectivity index (χ2n) is 8.10. The van der Waals surface area contributed by atoms with Crippen LogP contribution in [-0.2, 0) is 17.8 Å². The summed E-state index contributed by atoms with van der Waals surface area (Å²) in [6.07, 6.45) is 2.18. The predicted molar refractivity (Wildman–Crippen MR) is 113 cm³/mol. The molecule has 1 saturated heterocycles. The van der Waals surface area contributed by atoms with Gasteiger partial charge in [-0.1, -0.05) is 36.4 Å². The Morgan fingerprint density at radius 2 is 1.96 bits per heavy atom. The van der Waals surface area contributed by atoms with Gasteiger partial charge in [0.2, 0.25) is 5.91 Å². The van der Waals surface area contributed by atoms with Crippen LogP contribution in [0.25, 0.3) is 10.2 Å². The summed E-state index contributed by atoms with van der Waals surface area (Å²) in [6, 6.07) is 17.5. The van der Waals surface area contributed by atoms with E-state index in [0.717, 1.165) is 48.4 Å². The normalized spacial score (nSPS) is 23.2. The van der Waals surface area contributed by atoms with Crippen molar-refractivity contribution in [3.05, 3.63) is 64.7 Å². The molecule has 5 rings (SSSR count). The van der Waals surface area contributed by atoms with E-state index in [9.17, 15) is 4.79 Å². The Morgan fingerprint density at radius 1 is 1.18 bits per heavy atom. The van der Waals surface area contributed by atoms with Crippen LogP contribution in [0.15, 0.2) is 48.5 Å². The van der Waals surface area contributed by atoms with E-state index in [1.54, 1.807) is 18.3 Å². The summed E-state index contributed by atoms with van der Waals surface area (Å²) in [5, 5.41) is 4.73. The molecule has 2 fully saturated rings. The summed E-state index contributed by atoms with van der Waals surface area (Å²) in [4.78, 5) is 18.6. The van der Waals surface area contributed by atoms with Gasteiger partial charge in [-0.15, -0.1) is 11.3 Å². The SMILES string of the molecule is CC(=O)N1CC2CC2C1CNCc1ccc(Cc2nc3ccccc3s2)cc1. The summed E-state index contributed by atoms with van der Waals surface area (Å²) < 4.78 is 1.25. The molecule has 144 valence electrons. The number of benzene rings is 2. The molecule has 5 heteroatoms. The molecule has 2 heterocycles. The summed E-state index contributed by atoms with van der Waals surface area (Å²) in [5.74, 6) is 1.71. The van der Waals surface area contributed by atoms with Crippen molar-refractivity contribution in [1.29, 1.82) is 0 Å². The van der Waals surface area contributed by atoms with Gasteiger partial charge < -0.3 is 10.2 Å². The zero-order valence-electron chi connectivity index (χ0n) is 16.1. The highest BCUT2D eigenvalue weighted by Crippen LogP contribution is 2.49. The molecule has 1 saturated carbocycles. The maximum Gasteiger partial charge on any atom is 0.219 e. The van der Waals surface area contributed by atoms with E-state index in [2.05, 4.69) is 52.7 Å². The van der Waals surface area contributed by atoms with Gasteiger partial charge in [-0.25, -0.2) is 4.98 Å². The Bertz CT molecular complexity index is 964. The second kappa shape index (κ2) is 7.30. The molecule has 2 aromatic carbocycles. The van der Waals surface area contributed by atoms with Crippen LogP contribution in [0.4, 0.5) is 0 Å². The highest BCUT2D eigenvalue weighted by molar-refractivity contribution is 7.18. The van der Waals surface area contributed by atoms with Gasteiger partial charge >= 0.3 is 0 Å². The number of fused-ring (bicyclic) bond motifs is 2. The lowest BCUT2D eigenvalue weighted by molar-refractivity contribution is -0.130. The number of nitrogens with one attached hydrogen (secondary N) is 1. The van der Waals surface area contributed by atoms with E-state index in [1.165, 1.54) is 22.2 Å². The van der Waals surface area contributed by atoms with Crippen molar-refractivity contribution < 1.29 is 4.79 Å². The highest BCUT2D eigenvalue weighted by Gasteiger charge is 2.52. The van der Waals surface area contributed by atoms with Gasteiger partial charge in [-0.2, -0.15) is 0 Å². The third-order valence-corrected chi connectivity index (χ3v) is 7.14. The third kappa shape index (κ3) is 3.56. The first kappa shape index (κ1) is 17.8. The molecule has 28 heavy (non-hydrogen) atoms. The molecule has 3 unspecified atom stereocenters. The van der Waals surface area contributed by atoms with E-state index in [-0.39, 0.29) is 5.91 Å². The van der Waals surface area contributed by atoms with Crippen LogP contribution in [0.3, 0.4) is 0 Å². The lowest BCUT2D eigenvalue weighted by atomic mass is 10.1. The van der Waals surface area contributed by atoms with Crippen molar-refractivity contribution in [2.45, 2.75) is 32.4 Å². The topological polar surface area (TPSA) is 45.2 Å². The average Bonchev–Trinajstić information content (AvgIpc) is 3.19. The first-order chi connectivity index (χ1) is 13.7. The molecule has 1 aliphatic heterocycles. The molecule has 0 bridgehead atoms. The predicted octanol–water partition coefficient (Wildman–Crippen LogP) is 3.84. The molecule has 0 spiro atoms. The number of rotatable bonds is 6. The quantitative estimate of drug-likeness (QED) is 0.694. The highest BCUT2D eigenvalue weighted by atomic mass is 32.1. The minimum absolute atomic E-state index is 0.221. The number of thiazole rings is 1. The largest absolute Gasteiger partial charge is 0.338 e. The van der Waals surface area contributed by atoms with Crippen molar-refractivity contribution in [2.24, 2.45) is 11.8 Å². The van der Waals surface area contributed by atoms with Crippen molar-refractivity contribution >= 4 is 27.5 Å². The number of amides is 1. The Hall–Kier alpha value is -2.24. The van der Waals surface area contributed by atoms with Crippen LogP contribution in [0.5, 0.6) is 0 Å². The van der Waals surface area contributed by atoms with Crippen molar-refractivity contribution in [3.8, 4) is 0 Å². The van der Waals surface area contributed by atoms with Crippen LogP contribution in [-0.4, -0.2) is 34.9 Å². The number of nitrogens with zero attached hydrogens (tertiary/aromatic N) is 2. The summed E-state index contributed by atoms with van der Waals surface area (Å²) in [5.41, 5.74) is 3.67. The minimum Gasteiger partial charge on any atom is -0.338 e. The van der Waals surface area contributed by atoms with E-state index >= 15 is 0 Å². The number of likely N-dealkylation sites (tertiary alicyclic amines) is 1. The monoisotopic (exact) mass is 391 g/mol. The molecular formula is C23H25N3OS. The first-order valence-corrected chi connectivity index (χ1v) is 10.9. The molecule has 1 N–H and O–H groups in total. The molecule has 2 aliphatic rings. The van der Waals surface area contributed by atoms with Crippen molar-refractivity contribution in [1.82, 2.24) is 15.2 Å². The third-order valence-electron chi connectivity index (χ3n) is 6.11. The number of para-hydroxylation sites is 1. The lowest BCUT2D eigenvalue weighted by Gasteiger charge is -2.26. The summed E-state index contributed by atoms with van der Waals surface area (Å²) in [7, 11) is 0. The smallest absolute Gasteiger partial charge is 0.219 e. The minimum atomic E-state index is 0.221. The van der Waals surface area contributed by atoms with Crippen molar-refractivity contribution in [2.75, 3.05) is 13.1 Å². The molecule has 0 radical (unpaired) electrons. The molecule has 1 aromatic heterocycles. The molecule has 1 amide bonds. The van der Waals surface area contributed by atoms with E-state index < -0.39 is 0 Å². The summed E-state index contributed by atoms with van der Waals surface area (Å²) >= 11 is 1.78. The van der Waals surface area contributed by atoms with Crippen LogP contribution in [0.2, 0.25) is 0 Å². The van der Waals surface area contributed by atoms with Gasteiger partial charge in [0.05, 0.1) is 15.2 Å². The maximum absolute atomic E-state index is 11.8. The zero-order valence-corrected chi connectivity index (χ0v) is 16.9. The van der Waals surface area contributed by atoms with Crippen molar-refractivity contribution in [3.63, 3.8) is 0 Å². The van der Waals surface area contributed by atoms with Crippen LogP contribution in [0.1, 0.15) is 29.5 Å². The number of hydrogen-bond donors (Lipinski definition) is 1. The number of carbonyl (C=O) groups excluding carboxylic acids is 1. The van der Waals surface area contributed by atoms with Gasteiger partial charge in [0.25, 0.3) is 0 Å². The standard InChI is InChI=1S/C23H25N3OS/c1-15(27)26-14-18-11-19(18)21(26)13-24-12-17-8-6-16(7-9-17)10-23-25-20-4-2-3-5-22(20)28-23/h2-9,18-19,21,24H,10-14H2,1H3. The van der Waals surface area contributed by atoms with E-state index in [0.29, 0.717) is 6.04 Å². The Kier molecular flexibility index (Phi) is 4.65. The number of carbonyl (C=O) groups is 1. The lowest BCUT2D eigenvalue weighted by Crippen LogP contribution is -2.43. The maximum atomic E-state index is 11.8. The molecule has 3 atom stereocenters. The Labute approximate surface area is 169 Å². The molecular weight excluding hydrogens is 366 g/mol. The fraction of sp³-hybridized carbons (Fsp3) is 0.391. The number of piperidine rings is 1. The number of aromatic nitrogens is 1. The van der Waals surface area contributed by atoms with Gasteiger partial charge in [0.1, 0.15) is 0 Å². The molecule has 3 aromatic rings. The van der Waals surface area contributed by atoms with Gasteiger partial charge in [0.15, 0.2) is 0 Å². The fourth-order valence-corrected chi connectivity index (χ4v) is 5.51. The molecule has 1 aliphatic carbocycles. The van der Waals surface area contributed by atoms with E-state index in [4.69, 9.17) is 4.98 Å². The Balaban J connectivity index is 1.16. The van der Waals surface area contributed by atoms with Crippen LogP contribution in [0, 0.1) is 11.8 Å². The van der Waals surface area contributed by atoms with E-state index in [1.807, 2.05) is 6.07 Å².